The summed E-state index contributed by atoms with van der Waals surface area (Å²) in [7, 11) is 0. The lowest BCUT2D eigenvalue weighted by molar-refractivity contribution is 1.32. The normalized spacial score (nSPS) is 13.3. The monoisotopic (exact) mass is 704 g/mol. The number of allylic oxidation sites excluding steroid dienone is 1. The molecule has 10 rings (SSSR count). The minimum atomic E-state index is 0.336. The molecule has 0 aliphatic heterocycles. The summed E-state index contributed by atoms with van der Waals surface area (Å²) >= 11 is 0. The van der Waals surface area contributed by atoms with Crippen LogP contribution in [0.15, 0.2) is 181 Å². The van der Waals surface area contributed by atoms with Crippen LogP contribution in [0, 0.1) is 5.41 Å². The zero-order chi connectivity index (χ0) is 36.7. The van der Waals surface area contributed by atoms with Crippen LogP contribution in [0.5, 0.6) is 0 Å². The van der Waals surface area contributed by atoms with Crippen LogP contribution in [0.2, 0.25) is 0 Å². The van der Waals surface area contributed by atoms with Crippen LogP contribution in [-0.2, 0) is 0 Å². The smallest absolute Gasteiger partial charge is 0.117 e. The molecule has 0 amide bonds. The first kappa shape index (κ1) is 32.1. The lowest BCUT2D eigenvalue weighted by Gasteiger charge is -2.24. The molecule has 6 heteroatoms. The highest BCUT2D eigenvalue weighted by Gasteiger charge is 2.29. The van der Waals surface area contributed by atoms with E-state index in [0.29, 0.717) is 11.4 Å². The maximum atomic E-state index is 9.60. The summed E-state index contributed by atoms with van der Waals surface area (Å²) in [6, 6.07) is 59.3. The molecule has 0 unspecified atom stereocenters. The molecule has 3 aromatic heterocycles. The number of hydrogen-bond acceptors (Lipinski definition) is 6. The number of nitrogens with one attached hydrogen (secondary N) is 2. The standard InChI is InChI=1S/C49H32N6/c50-45-39(31-13-5-1-6-14-31)30-40-44(49(45)55-54-37-19-11-4-12-20-37)38-26-23-36(29-43(38)53-46(40)33-17-9-3-10-18-33)42-28-25-35-22-21-34-24-27-41(32-15-7-2-8-16-32)51-47(34)48(35)52-42/h1-30,50,54H/b50-45?,55-49-. The Morgan fingerprint density at radius 1 is 0.491 bits per heavy atom. The maximum Gasteiger partial charge on any atom is 0.117 e. The van der Waals surface area contributed by atoms with Gasteiger partial charge in [-0.2, -0.15) is 5.10 Å². The van der Waals surface area contributed by atoms with Gasteiger partial charge in [0.2, 0.25) is 0 Å². The van der Waals surface area contributed by atoms with Crippen molar-refractivity contribution in [2.75, 3.05) is 5.43 Å². The second-order valence-electron chi connectivity index (χ2n) is 13.6. The molecule has 0 radical (unpaired) electrons. The van der Waals surface area contributed by atoms with Crippen LogP contribution < -0.4 is 5.43 Å². The molecule has 55 heavy (non-hydrogen) atoms. The lowest BCUT2D eigenvalue weighted by atomic mass is 9.82. The largest absolute Gasteiger partial charge is 0.298 e. The molecule has 0 spiro atoms. The number of anilines is 1. The number of hydrogen-bond donors (Lipinski definition) is 2. The SMILES string of the molecule is N=C1C(c2ccccc2)=Cc2c(-c3ccccc3)nc3cc(-c4ccc5ccc6ccc(-c7ccccc7)nc6c5n4)ccc3c2/C1=N/Nc1ccccc1. The summed E-state index contributed by atoms with van der Waals surface area (Å²) in [4.78, 5) is 15.7. The summed E-state index contributed by atoms with van der Waals surface area (Å²) in [5, 5.41) is 17.5. The number of benzene rings is 6. The fourth-order valence-electron chi connectivity index (χ4n) is 7.41. The van der Waals surface area contributed by atoms with Gasteiger partial charge >= 0.3 is 0 Å². The van der Waals surface area contributed by atoms with E-state index >= 15 is 0 Å². The molecule has 1 aliphatic rings. The van der Waals surface area contributed by atoms with Crippen LogP contribution in [0.1, 0.15) is 16.7 Å². The Morgan fingerprint density at radius 2 is 1.04 bits per heavy atom. The summed E-state index contributed by atoms with van der Waals surface area (Å²) in [6.07, 6.45) is 2.10. The van der Waals surface area contributed by atoms with Gasteiger partial charge < -0.3 is 0 Å². The first-order valence-corrected chi connectivity index (χ1v) is 18.2. The third-order valence-electron chi connectivity index (χ3n) is 10.1. The Labute approximate surface area is 317 Å². The average Bonchev–Trinajstić information content (AvgIpc) is 3.26. The quantitative estimate of drug-likeness (QED) is 0.133. The average molecular weight is 705 g/mol. The van der Waals surface area contributed by atoms with Gasteiger partial charge in [0.25, 0.3) is 0 Å². The van der Waals surface area contributed by atoms with Crippen molar-refractivity contribution in [3.05, 3.63) is 193 Å². The van der Waals surface area contributed by atoms with Crippen molar-refractivity contribution in [1.82, 2.24) is 15.0 Å². The number of fused-ring (bicyclic) bond motifs is 6. The first-order chi connectivity index (χ1) is 27.2. The molecule has 6 aromatic carbocycles. The van der Waals surface area contributed by atoms with Crippen molar-refractivity contribution in [1.29, 1.82) is 5.41 Å². The predicted molar refractivity (Wildman–Crippen MR) is 227 cm³/mol. The highest BCUT2D eigenvalue weighted by Crippen LogP contribution is 2.39. The van der Waals surface area contributed by atoms with E-state index in [9.17, 15) is 5.41 Å². The molecule has 0 saturated heterocycles. The van der Waals surface area contributed by atoms with E-state index in [1.54, 1.807) is 0 Å². The van der Waals surface area contributed by atoms with Gasteiger partial charge in [-0.05, 0) is 42.0 Å². The zero-order valence-electron chi connectivity index (χ0n) is 29.6. The Morgan fingerprint density at radius 3 is 1.67 bits per heavy atom. The number of aromatic nitrogens is 3. The van der Waals surface area contributed by atoms with Crippen molar-refractivity contribution >= 4 is 61.5 Å². The molecule has 3 heterocycles. The number of rotatable bonds is 6. The Hall–Kier alpha value is -7.57. The summed E-state index contributed by atoms with van der Waals surface area (Å²) in [5.41, 5.74) is 16.5. The number of para-hydroxylation sites is 1. The topological polar surface area (TPSA) is 86.9 Å². The fourth-order valence-corrected chi connectivity index (χ4v) is 7.41. The van der Waals surface area contributed by atoms with E-state index in [4.69, 9.17) is 20.1 Å². The van der Waals surface area contributed by atoms with Gasteiger partial charge in [0.15, 0.2) is 0 Å². The highest BCUT2D eigenvalue weighted by atomic mass is 15.3. The molecule has 0 atom stereocenters. The van der Waals surface area contributed by atoms with E-state index in [1.165, 1.54) is 0 Å². The Balaban J connectivity index is 1.19. The van der Waals surface area contributed by atoms with Gasteiger partial charge in [0.05, 0.1) is 45.0 Å². The molecule has 0 fully saturated rings. The molecule has 2 N–H and O–H groups in total. The number of hydrazone groups is 1. The van der Waals surface area contributed by atoms with Gasteiger partial charge in [0, 0.05) is 49.5 Å². The van der Waals surface area contributed by atoms with Crippen molar-refractivity contribution in [2.24, 2.45) is 5.10 Å². The van der Waals surface area contributed by atoms with Crippen molar-refractivity contribution in [3.8, 4) is 33.8 Å². The number of pyridine rings is 3. The first-order valence-electron chi connectivity index (χ1n) is 18.2. The Bertz CT molecular complexity index is 2990. The van der Waals surface area contributed by atoms with E-state index in [1.807, 2.05) is 97.1 Å². The predicted octanol–water partition coefficient (Wildman–Crippen LogP) is 11.7. The summed E-state index contributed by atoms with van der Waals surface area (Å²) < 4.78 is 0. The van der Waals surface area contributed by atoms with Crippen LogP contribution in [0.3, 0.4) is 0 Å². The van der Waals surface area contributed by atoms with Gasteiger partial charge in [-0.15, -0.1) is 0 Å². The molecule has 0 saturated carbocycles. The second-order valence-corrected chi connectivity index (χ2v) is 13.6. The molecule has 0 bridgehead atoms. The van der Waals surface area contributed by atoms with Crippen LogP contribution in [-0.4, -0.2) is 26.4 Å². The molecule has 1 aliphatic carbocycles. The van der Waals surface area contributed by atoms with Crippen LogP contribution >= 0.6 is 0 Å². The van der Waals surface area contributed by atoms with Crippen molar-refractivity contribution in [3.63, 3.8) is 0 Å². The van der Waals surface area contributed by atoms with E-state index in [2.05, 4.69) is 90.4 Å². The van der Waals surface area contributed by atoms with E-state index < -0.39 is 0 Å². The lowest BCUT2D eigenvalue weighted by Crippen LogP contribution is -2.24. The molecular formula is C49H32N6. The molecule has 6 nitrogen and oxygen atoms in total. The molecule has 9 aromatic rings. The Kier molecular flexibility index (Phi) is 7.85. The summed E-state index contributed by atoms with van der Waals surface area (Å²) in [6.45, 7) is 0. The highest BCUT2D eigenvalue weighted by molar-refractivity contribution is 6.65. The van der Waals surface area contributed by atoms with Crippen molar-refractivity contribution in [2.45, 2.75) is 0 Å². The van der Waals surface area contributed by atoms with E-state index in [0.717, 1.165) is 94.4 Å². The maximum absolute atomic E-state index is 9.60. The zero-order valence-corrected chi connectivity index (χ0v) is 29.6. The van der Waals surface area contributed by atoms with E-state index in [-0.39, 0.29) is 0 Å². The fraction of sp³-hybridized carbons (Fsp3) is 0. The molecule has 258 valence electrons. The van der Waals surface area contributed by atoms with Crippen LogP contribution in [0.25, 0.3) is 78.1 Å². The van der Waals surface area contributed by atoms with Crippen LogP contribution in [0.4, 0.5) is 5.69 Å². The third-order valence-corrected chi connectivity index (χ3v) is 10.1. The number of nitrogens with zero attached hydrogens (tertiary/aromatic N) is 4. The van der Waals surface area contributed by atoms with Crippen molar-refractivity contribution < 1.29 is 0 Å². The van der Waals surface area contributed by atoms with Gasteiger partial charge in [-0.1, -0.05) is 146 Å². The second kappa shape index (κ2) is 13.4. The third kappa shape index (κ3) is 5.83. The summed E-state index contributed by atoms with van der Waals surface area (Å²) in [5.74, 6) is 0. The minimum absolute atomic E-state index is 0.336. The van der Waals surface area contributed by atoms with Gasteiger partial charge in [0.1, 0.15) is 5.71 Å². The molecular weight excluding hydrogens is 673 g/mol. The van der Waals surface area contributed by atoms with Gasteiger partial charge in [-0.3, -0.25) is 10.8 Å². The van der Waals surface area contributed by atoms with Gasteiger partial charge in [-0.25, -0.2) is 15.0 Å². The minimum Gasteiger partial charge on any atom is -0.298 e.